The molecule has 2 N–H and O–H groups in total. The molecule has 0 aliphatic rings. The zero-order valence-corrected chi connectivity index (χ0v) is 17.6. The highest BCUT2D eigenvalue weighted by Gasteiger charge is 2.22. The van der Waals surface area contributed by atoms with Crippen LogP contribution in [0.3, 0.4) is 0 Å². The minimum atomic E-state index is -3.72. The molecule has 0 unspecified atom stereocenters. The van der Waals surface area contributed by atoms with E-state index >= 15 is 0 Å². The summed E-state index contributed by atoms with van der Waals surface area (Å²) in [4.78, 5) is 24.9. The predicted molar refractivity (Wildman–Crippen MR) is 113 cm³/mol. The molecule has 0 saturated heterocycles. The summed E-state index contributed by atoms with van der Waals surface area (Å²) < 4.78 is 30.2. The van der Waals surface area contributed by atoms with Gasteiger partial charge in [-0.3, -0.25) is 13.9 Å². The van der Waals surface area contributed by atoms with E-state index in [1.54, 1.807) is 24.3 Å². The smallest absolute Gasteiger partial charge is 0.253 e. The van der Waals surface area contributed by atoms with Crippen LogP contribution in [0.25, 0.3) is 0 Å². The number of ether oxygens (including phenoxy) is 1. The summed E-state index contributed by atoms with van der Waals surface area (Å²) >= 11 is 5.84. The van der Waals surface area contributed by atoms with Crippen molar-refractivity contribution in [2.24, 2.45) is 0 Å². The van der Waals surface area contributed by atoms with Crippen LogP contribution >= 0.6 is 11.6 Å². The van der Waals surface area contributed by atoms with Gasteiger partial charge in [-0.2, -0.15) is 0 Å². The van der Waals surface area contributed by atoms with Crippen molar-refractivity contribution in [2.45, 2.75) is 0 Å². The summed E-state index contributed by atoms with van der Waals surface area (Å²) in [6.07, 6.45) is 1.01. The van der Waals surface area contributed by atoms with Gasteiger partial charge in [0.1, 0.15) is 6.54 Å². The number of carbonyl (C=O) groups is 2. The van der Waals surface area contributed by atoms with Crippen LogP contribution in [0.2, 0.25) is 5.02 Å². The molecule has 0 bridgehead atoms. The number of carbonyl (C=O) groups excluding carboxylic acids is 2. The van der Waals surface area contributed by atoms with Gasteiger partial charge in [0.25, 0.3) is 5.91 Å². The zero-order valence-electron chi connectivity index (χ0n) is 16.0. The molecule has 2 amide bonds. The molecule has 8 nitrogen and oxygen atoms in total. The van der Waals surface area contributed by atoms with Gasteiger partial charge in [0.05, 0.1) is 29.8 Å². The minimum absolute atomic E-state index is 0.259. The number of nitrogens with zero attached hydrogens (tertiary/aromatic N) is 1. The van der Waals surface area contributed by atoms with Gasteiger partial charge >= 0.3 is 0 Å². The van der Waals surface area contributed by atoms with Crippen LogP contribution in [-0.4, -0.2) is 53.3 Å². The molecule has 0 fully saturated rings. The third-order valence-electron chi connectivity index (χ3n) is 3.84. The molecule has 2 aromatic rings. The molecular formula is C19H22ClN3O5S. The molecule has 0 aromatic heterocycles. The summed E-state index contributed by atoms with van der Waals surface area (Å²) in [6, 6.07) is 12.5. The molecule has 0 spiro atoms. The Balaban J connectivity index is 2.17. The first-order valence-electron chi connectivity index (χ1n) is 8.61. The zero-order chi connectivity index (χ0) is 21.4. The van der Waals surface area contributed by atoms with Gasteiger partial charge in [0.15, 0.2) is 0 Å². The third-order valence-corrected chi connectivity index (χ3v) is 5.23. The number of hydrogen-bond acceptors (Lipinski definition) is 5. The molecule has 2 aromatic carbocycles. The summed E-state index contributed by atoms with van der Waals surface area (Å²) in [5.74, 6) is -0.974. The Kier molecular flexibility index (Phi) is 8.00. The number of methoxy groups -OCH3 is 1. The molecule has 0 aliphatic carbocycles. The Hall–Kier alpha value is -2.62. The standard InChI is InChI=1S/C19H22ClN3O5S/c1-28-12-11-21-19(25)16-5-3-4-6-17(16)22-18(24)13-23(29(2,26)27)15-9-7-14(20)8-10-15/h3-10H,11-13H2,1-2H3,(H,21,25)(H,22,24). The highest BCUT2D eigenvalue weighted by Crippen LogP contribution is 2.21. The first kappa shape index (κ1) is 22.7. The fourth-order valence-electron chi connectivity index (χ4n) is 2.48. The highest BCUT2D eigenvalue weighted by molar-refractivity contribution is 7.92. The quantitative estimate of drug-likeness (QED) is 0.582. The van der Waals surface area contributed by atoms with Gasteiger partial charge in [-0.25, -0.2) is 8.42 Å². The highest BCUT2D eigenvalue weighted by atomic mass is 35.5. The average molecular weight is 440 g/mol. The van der Waals surface area contributed by atoms with Crippen LogP contribution in [0, 0.1) is 0 Å². The van der Waals surface area contributed by atoms with Crippen molar-refractivity contribution in [2.75, 3.05) is 42.7 Å². The molecule has 0 atom stereocenters. The van der Waals surface area contributed by atoms with Crippen LogP contribution in [0.5, 0.6) is 0 Å². The van der Waals surface area contributed by atoms with Crippen molar-refractivity contribution in [1.29, 1.82) is 0 Å². The van der Waals surface area contributed by atoms with Crippen molar-refractivity contribution in [3.8, 4) is 0 Å². The Labute approximate surface area is 174 Å². The second kappa shape index (κ2) is 10.2. The van der Waals surface area contributed by atoms with Crippen LogP contribution in [-0.2, 0) is 19.6 Å². The lowest BCUT2D eigenvalue weighted by Crippen LogP contribution is -2.37. The number of rotatable bonds is 9. The van der Waals surface area contributed by atoms with Crippen molar-refractivity contribution < 1.29 is 22.7 Å². The summed E-state index contributed by atoms with van der Waals surface area (Å²) in [7, 11) is -2.20. The number of sulfonamides is 1. The number of halogens is 1. The van der Waals surface area contributed by atoms with E-state index in [9.17, 15) is 18.0 Å². The van der Waals surface area contributed by atoms with E-state index < -0.39 is 22.5 Å². The third kappa shape index (κ3) is 6.74. The number of benzene rings is 2. The molecule has 0 aliphatic heterocycles. The normalized spacial score (nSPS) is 11.0. The van der Waals surface area contributed by atoms with E-state index in [0.29, 0.717) is 23.9 Å². The Morgan fingerprint density at radius 2 is 1.76 bits per heavy atom. The fraction of sp³-hybridized carbons (Fsp3) is 0.263. The van der Waals surface area contributed by atoms with Crippen LogP contribution < -0.4 is 14.9 Å². The number of hydrogen-bond donors (Lipinski definition) is 2. The maximum Gasteiger partial charge on any atom is 0.253 e. The summed E-state index contributed by atoms with van der Waals surface area (Å²) in [6.45, 7) is 0.209. The van der Waals surface area contributed by atoms with E-state index in [-0.39, 0.29) is 17.2 Å². The van der Waals surface area contributed by atoms with Crippen molar-refractivity contribution in [3.05, 3.63) is 59.1 Å². The van der Waals surface area contributed by atoms with E-state index in [1.807, 2.05) is 0 Å². The lowest BCUT2D eigenvalue weighted by atomic mass is 10.1. The second-order valence-corrected chi connectivity index (χ2v) is 8.43. The molecule has 29 heavy (non-hydrogen) atoms. The number of amides is 2. The Bertz CT molecular complexity index is 964. The first-order valence-corrected chi connectivity index (χ1v) is 10.8. The van der Waals surface area contributed by atoms with Crippen LogP contribution in [0.4, 0.5) is 11.4 Å². The molecule has 10 heteroatoms. The number of anilines is 2. The second-order valence-electron chi connectivity index (χ2n) is 6.09. The summed E-state index contributed by atoms with van der Waals surface area (Å²) in [5.41, 5.74) is 0.837. The predicted octanol–water partition coefficient (Wildman–Crippen LogP) is 2.12. The summed E-state index contributed by atoms with van der Waals surface area (Å²) in [5, 5.41) is 5.72. The SMILES string of the molecule is COCCNC(=O)c1ccccc1NC(=O)CN(c1ccc(Cl)cc1)S(C)(=O)=O. The van der Waals surface area contributed by atoms with E-state index in [0.717, 1.165) is 10.6 Å². The van der Waals surface area contributed by atoms with Crippen molar-refractivity contribution >= 4 is 44.8 Å². The molecule has 0 saturated carbocycles. The number of nitrogens with one attached hydrogen (secondary N) is 2. The van der Waals surface area contributed by atoms with Gasteiger partial charge in [-0.05, 0) is 36.4 Å². The van der Waals surface area contributed by atoms with Gasteiger partial charge in [-0.15, -0.1) is 0 Å². The van der Waals surface area contributed by atoms with E-state index in [2.05, 4.69) is 10.6 Å². The molecule has 156 valence electrons. The average Bonchev–Trinajstić information content (AvgIpc) is 2.66. The van der Waals surface area contributed by atoms with Crippen molar-refractivity contribution in [3.63, 3.8) is 0 Å². The minimum Gasteiger partial charge on any atom is -0.383 e. The maximum atomic E-state index is 12.5. The fourth-order valence-corrected chi connectivity index (χ4v) is 3.46. The topological polar surface area (TPSA) is 105 Å². The molecule has 2 rings (SSSR count). The lowest BCUT2D eigenvalue weighted by Gasteiger charge is -2.22. The first-order chi connectivity index (χ1) is 13.7. The lowest BCUT2D eigenvalue weighted by molar-refractivity contribution is -0.114. The van der Waals surface area contributed by atoms with Crippen LogP contribution in [0.15, 0.2) is 48.5 Å². The van der Waals surface area contributed by atoms with E-state index in [1.165, 1.54) is 31.4 Å². The molecule has 0 radical (unpaired) electrons. The Morgan fingerprint density at radius 3 is 2.38 bits per heavy atom. The van der Waals surface area contributed by atoms with Gasteiger partial charge in [-0.1, -0.05) is 23.7 Å². The van der Waals surface area contributed by atoms with Crippen LogP contribution in [0.1, 0.15) is 10.4 Å². The van der Waals surface area contributed by atoms with E-state index in [4.69, 9.17) is 16.3 Å². The molecular weight excluding hydrogens is 418 g/mol. The monoisotopic (exact) mass is 439 g/mol. The van der Waals surface area contributed by atoms with Gasteiger partial charge in [0, 0.05) is 18.7 Å². The maximum absolute atomic E-state index is 12.5. The Morgan fingerprint density at radius 1 is 1.10 bits per heavy atom. The largest absolute Gasteiger partial charge is 0.383 e. The van der Waals surface area contributed by atoms with Crippen molar-refractivity contribution in [1.82, 2.24) is 5.32 Å². The number of para-hydroxylation sites is 1. The van der Waals surface area contributed by atoms with Gasteiger partial charge in [0.2, 0.25) is 15.9 Å². The molecule has 0 heterocycles. The van der Waals surface area contributed by atoms with Gasteiger partial charge < -0.3 is 15.4 Å².